The summed E-state index contributed by atoms with van der Waals surface area (Å²) in [6.07, 6.45) is 1.87. The number of rotatable bonds is 3. The number of amides is 1. The monoisotopic (exact) mass is 275 g/mol. The second kappa shape index (κ2) is 4.71. The van der Waals surface area contributed by atoms with Gasteiger partial charge in [0.15, 0.2) is 15.0 Å². The quantitative estimate of drug-likeness (QED) is 0.795. The van der Waals surface area contributed by atoms with Gasteiger partial charge in [-0.05, 0) is 0 Å². The Morgan fingerprint density at radius 3 is 3.00 bits per heavy atom. The number of anilines is 1. The topological polar surface area (TPSA) is 88.2 Å². The van der Waals surface area contributed by atoms with E-state index in [0.717, 1.165) is 36.3 Å². The Bertz CT molecular complexity index is 512. The highest BCUT2D eigenvalue weighted by molar-refractivity contribution is 7.91. The van der Waals surface area contributed by atoms with Crippen LogP contribution in [-0.4, -0.2) is 37.9 Å². The second-order valence-corrected chi connectivity index (χ2v) is 7.16. The molecule has 1 aromatic rings. The Balaban J connectivity index is 2.04. The van der Waals surface area contributed by atoms with E-state index in [9.17, 15) is 13.2 Å². The first kappa shape index (κ1) is 12.5. The van der Waals surface area contributed by atoms with Crippen LogP contribution in [0.25, 0.3) is 0 Å². The van der Waals surface area contributed by atoms with Gasteiger partial charge in [-0.3, -0.25) is 4.79 Å². The standard InChI is InChI=1S/C9H13N3O3S2/c1-17(14,15)5-8(13)12-9-11-6-2-3-10-4-7(6)16-9/h10H,2-5H2,1H3,(H,11,12,13). The maximum absolute atomic E-state index is 11.4. The first-order chi connectivity index (χ1) is 7.94. The van der Waals surface area contributed by atoms with Crippen molar-refractivity contribution in [1.29, 1.82) is 0 Å². The molecule has 1 aliphatic rings. The Morgan fingerprint density at radius 1 is 1.59 bits per heavy atom. The number of hydrogen-bond acceptors (Lipinski definition) is 6. The molecule has 0 fully saturated rings. The van der Waals surface area contributed by atoms with Crippen molar-refractivity contribution in [2.24, 2.45) is 0 Å². The van der Waals surface area contributed by atoms with Gasteiger partial charge in [0, 0.05) is 30.6 Å². The van der Waals surface area contributed by atoms with Gasteiger partial charge in [0.2, 0.25) is 5.91 Å². The minimum absolute atomic E-state index is 0.479. The van der Waals surface area contributed by atoms with E-state index in [1.54, 1.807) is 0 Å². The summed E-state index contributed by atoms with van der Waals surface area (Å²) >= 11 is 1.39. The smallest absolute Gasteiger partial charge is 0.241 e. The molecule has 8 heteroatoms. The van der Waals surface area contributed by atoms with Gasteiger partial charge in [-0.15, -0.1) is 11.3 Å². The third-order valence-electron chi connectivity index (χ3n) is 2.24. The summed E-state index contributed by atoms with van der Waals surface area (Å²) in [5.74, 6) is -1.04. The lowest BCUT2D eigenvalue weighted by Gasteiger charge is -2.09. The van der Waals surface area contributed by atoms with E-state index in [-0.39, 0.29) is 0 Å². The average molecular weight is 275 g/mol. The predicted molar refractivity (Wildman–Crippen MR) is 65.9 cm³/mol. The summed E-state index contributed by atoms with van der Waals surface area (Å²) < 4.78 is 21.9. The fraction of sp³-hybridized carbons (Fsp3) is 0.556. The van der Waals surface area contributed by atoms with E-state index in [2.05, 4.69) is 15.6 Å². The van der Waals surface area contributed by atoms with Gasteiger partial charge >= 0.3 is 0 Å². The largest absolute Gasteiger partial charge is 0.311 e. The normalized spacial score (nSPS) is 15.4. The Hall–Kier alpha value is -0.990. The molecule has 1 aromatic heterocycles. The van der Waals surface area contributed by atoms with E-state index >= 15 is 0 Å². The molecular weight excluding hydrogens is 262 g/mol. The summed E-state index contributed by atoms with van der Waals surface area (Å²) in [5, 5.41) is 6.20. The van der Waals surface area contributed by atoms with Crippen LogP contribution in [0.4, 0.5) is 5.13 Å². The van der Waals surface area contributed by atoms with Crippen LogP contribution >= 0.6 is 11.3 Å². The Kier molecular flexibility index (Phi) is 3.45. The van der Waals surface area contributed by atoms with Crippen LogP contribution in [0, 0.1) is 0 Å². The Labute approximate surface area is 103 Å². The number of carbonyl (C=O) groups is 1. The first-order valence-electron chi connectivity index (χ1n) is 5.11. The van der Waals surface area contributed by atoms with Crippen LogP contribution in [0.1, 0.15) is 10.6 Å². The summed E-state index contributed by atoms with van der Waals surface area (Å²) in [4.78, 5) is 16.8. The number of sulfone groups is 1. The van der Waals surface area contributed by atoms with Gasteiger partial charge in [-0.1, -0.05) is 0 Å². The van der Waals surface area contributed by atoms with Gasteiger partial charge in [0.05, 0.1) is 5.69 Å². The highest BCUT2D eigenvalue weighted by atomic mass is 32.2. The van der Waals surface area contributed by atoms with Gasteiger partial charge in [0.25, 0.3) is 0 Å². The van der Waals surface area contributed by atoms with Crippen molar-refractivity contribution < 1.29 is 13.2 Å². The van der Waals surface area contributed by atoms with Crippen molar-refractivity contribution in [3.63, 3.8) is 0 Å². The predicted octanol–water partition coefficient (Wildman–Crippen LogP) is -0.228. The van der Waals surface area contributed by atoms with E-state index in [0.29, 0.717) is 5.13 Å². The molecule has 0 spiro atoms. The summed E-state index contributed by atoms with van der Waals surface area (Å²) in [6.45, 7) is 1.64. The molecule has 2 rings (SSSR count). The highest BCUT2D eigenvalue weighted by Gasteiger charge is 2.17. The van der Waals surface area contributed by atoms with E-state index in [1.165, 1.54) is 11.3 Å². The molecule has 0 aliphatic carbocycles. The van der Waals surface area contributed by atoms with E-state index < -0.39 is 21.5 Å². The molecule has 1 aliphatic heterocycles. The van der Waals surface area contributed by atoms with Crippen molar-refractivity contribution in [2.75, 3.05) is 23.9 Å². The number of nitrogens with zero attached hydrogens (tertiary/aromatic N) is 1. The van der Waals surface area contributed by atoms with Crippen LogP contribution < -0.4 is 10.6 Å². The number of aromatic nitrogens is 1. The number of hydrogen-bond donors (Lipinski definition) is 2. The van der Waals surface area contributed by atoms with Gasteiger partial charge in [-0.25, -0.2) is 13.4 Å². The molecule has 17 heavy (non-hydrogen) atoms. The molecule has 0 saturated heterocycles. The van der Waals surface area contributed by atoms with Crippen molar-refractivity contribution in [3.05, 3.63) is 10.6 Å². The molecule has 94 valence electrons. The first-order valence-corrected chi connectivity index (χ1v) is 7.98. The van der Waals surface area contributed by atoms with Gasteiger partial charge < -0.3 is 10.6 Å². The SMILES string of the molecule is CS(=O)(=O)CC(=O)Nc1nc2c(s1)CNCC2. The van der Waals surface area contributed by atoms with Crippen LogP contribution in [0.15, 0.2) is 0 Å². The van der Waals surface area contributed by atoms with Gasteiger partial charge in [0.1, 0.15) is 5.75 Å². The van der Waals surface area contributed by atoms with E-state index in [4.69, 9.17) is 0 Å². The van der Waals surface area contributed by atoms with Crippen LogP contribution in [0.3, 0.4) is 0 Å². The maximum Gasteiger partial charge on any atom is 0.241 e. The van der Waals surface area contributed by atoms with E-state index in [1.807, 2.05) is 0 Å². The zero-order valence-electron chi connectivity index (χ0n) is 9.32. The van der Waals surface area contributed by atoms with Crippen LogP contribution in [0.5, 0.6) is 0 Å². The lowest BCUT2D eigenvalue weighted by molar-refractivity contribution is -0.113. The van der Waals surface area contributed by atoms with Gasteiger partial charge in [-0.2, -0.15) is 0 Å². The average Bonchev–Trinajstić information content (AvgIpc) is 2.55. The molecule has 0 aromatic carbocycles. The minimum Gasteiger partial charge on any atom is -0.311 e. The van der Waals surface area contributed by atoms with Crippen LogP contribution in [0.2, 0.25) is 0 Å². The molecular formula is C9H13N3O3S2. The number of thiazole rings is 1. The molecule has 0 radical (unpaired) electrons. The highest BCUT2D eigenvalue weighted by Crippen LogP contribution is 2.25. The molecule has 0 bridgehead atoms. The number of nitrogens with one attached hydrogen (secondary N) is 2. The lowest BCUT2D eigenvalue weighted by Crippen LogP contribution is -2.22. The maximum atomic E-state index is 11.4. The molecule has 0 atom stereocenters. The second-order valence-electron chi connectivity index (χ2n) is 3.93. The summed E-state index contributed by atoms with van der Waals surface area (Å²) in [6, 6.07) is 0. The molecule has 6 nitrogen and oxygen atoms in total. The zero-order chi connectivity index (χ0) is 12.5. The lowest BCUT2D eigenvalue weighted by atomic mass is 10.2. The van der Waals surface area contributed by atoms with Crippen molar-refractivity contribution in [3.8, 4) is 0 Å². The fourth-order valence-electron chi connectivity index (χ4n) is 1.57. The zero-order valence-corrected chi connectivity index (χ0v) is 10.9. The third kappa shape index (κ3) is 3.48. The minimum atomic E-state index is -3.29. The molecule has 2 N–H and O–H groups in total. The molecule has 1 amide bonds. The van der Waals surface area contributed by atoms with Crippen LogP contribution in [-0.2, 0) is 27.6 Å². The molecule has 2 heterocycles. The summed E-state index contributed by atoms with van der Waals surface area (Å²) in [7, 11) is -3.29. The Morgan fingerprint density at radius 2 is 2.35 bits per heavy atom. The van der Waals surface area contributed by atoms with Crippen molar-refractivity contribution in [1.82, 2.24) is 10.3 Å². The molecule has 0 saturated carbocycles. The molecule has 0 unspecified atom stereocenters. The fourth-order valence-corrected chi connectivity index (χ4v) is 3.11. The number of fused-ring (bicyclic) bond motifs is 1. The van der Waals surface area contributed by atoms with Crippen molar-refractivity contribution in [2.45, 2.75) is 13.0 Å². The summed E-state index contributed by atoms with van der Waals surface area (Å²) in [5.41, 5.74) is 0.989. The van der Waals surface area contributed by atoms with Crippen molar-refractivity contribution >= 4 is 32.2 Å². The number of carbonyl (C=O) groups excluding carboxylic acids is 1. The third-order valence-corrected chi connectivity index (χ3v) is 4.04.